The van der Waals surface area contributed by atoms with Crippen molar-refractivity contribution in [3.8, 4) is 0 Å². The van der Waals surface area contributed by atoms with Gasteiger partial charge in [-0.25, -0.2) is 0 Å². The molecule has 0 aromatic heterocycles. The highest BCUT2D eigenvalue weighted by atomic mass is 16.2. The Morgan fingerprint density at radius 2 is 1.92 bits per heavy atom. The Bertz CT molecular complexity index is 581. The summed E-state index contributed by atoms with van der Waals surface area (Å²) in [5, 5.41) is 3.12. The molecule has 136 valence electrons. The summed E-state index contributed by atoms with van der Waals surface area (Å²) in [6.45, 7) is 2.66. The van der Waals surface area contributed by atoms with E-state index in [9.17, 15) is 9.59 Å². The Balaban J connectivity index is 1.45. The lowest BCUT2D eigenvalue weighted by molar-refractivity contribution is -0.130. The maximum atomic E-state index is 12.6. The van der Waals surface area contributed by atoms with E-state index in [4.69, 9.17) is 0 Å². The molecule has 2 atom stereocenters. The van der Waals surface area contributed by atoms with Gasteiger partial charge in [-0.3, -0.25) is 9.59 Å². The van der Waals surface area contributed by atoms with Crippen LogP contribution in [0.25, 0.3) is 0 Å². The zero-order valence-electron chi connectivity index (χ0n) is 15.2. The predicted molar refractivity (Wildman–Crippen MR) is 99.1 cm³/mol. The first-order chi connectivity index (χ1) is 12.1. The van der Waals surface area contributed by atoms with Gasteiger partial charge in [0.25, 0.3) is 0 Å². The Kier molecular flexibility index (Phi) is 6.11. The summed E-state index contributed by atoms with van der Waals surface area (Å²) in [4.78, 5) is 26.9. The molecule has 1 heterocycles. The molecule has 1 aliphatic carbocycles. The molecule has 25 heavy (non-hydrogen) atoms. The van der Waals surface area contributed by atoms with Crippen molar-refractivity contribution < 1.29 is 9.59 Å². The van der Waals surface area contributed by atoms with Crippen LogP contribution in [0.3, 0.4) is 0 Å². The van der Waals surface area contributed by atoms with E-state index in [1.165, 1.54) is 24.8 Å². The van der Waals surface area contributed by atoms with E-state index >= 15 is 0 Å². The lowest BCUT2D eigenvalue weighted by Gasteiger charge is -2.31. The van der Waals surface area contributed by atoms with Crippen LogP contribution in [0, 0.1) is 5.92 Å². The lowest BCUT2D eigenvalue weighted by atomic mass is 9.94. The van der Waals surface area contributed by atoms with Gasteiger partial charge in [0.15, 0.2) is 0 Å². The molecule has 2 fully saturated rings. The van der Waals surface area contributed by atoms with E-state index < -0.39 is 0 Å². The number of nitrogens with zero attached hydrogens (tertiary/aromatic N) is 1. The molecule has 0 spiro atoms. The first-order valence-electron chi connectivity index (χ1n) is 9.77. The number of rotatable bonds is 6. The molecule has 1 aromatic rings. The summed E-state index contributed by atoms with van der Waals surface area (Å²) >= 11 is 0. The van der Waals surface area contributed by atoms with Gasteiger partial charge in [0.05, 0.1) is 5.92 Å². The Morgan fingerprint density at radius 1 is 1.20 bits per heavy atom. The van der Waals surface area contributed by atoms with Crippen LogP contribution in [0.1, 0.15) is 57.4 Å². The molecule has 0 radical (unpaired) electrons. The normalized spacial score (nSPS) is 22.8. The van der Waals surface area contributed by atoms with Gasteiger partial charge in [0.1, 0.15) is 0 Å². The number of hydrogen-bond donors (Lipinski definition) is 1. The van der Waals surface area contributed by atoms with Crippen LogP contribution in [0.15, 0.2) is 30.3 Å². The predicted octanol–water partition coefficient (Wildman–Crippen LogP) is 3.31. The fraction of sp³-hybridized carbons (Fsp3) is 0.619. The van der Waals surface area contributed by atoms with E-state index in [0.717, 1.165) is 25.7 Å². The third-order valence-corrected chi connectivity index (χ3v) is 5.64. The van der Waals surface area contributed by atoms with Crippen LogP contribution in [0.4, 0.5) is 0 Å². The van der Waals surface area contributed by atoms with Gasteiger partial charge in [0.2, 0.25) is 11.8 Å². The monoisotopic (exact) mass is 342 g/mol. The van der Waals surface area contributed by atoms with Crippen molar-refractivity contribution >= 4 is 11.8 Å². The largest absolute Gasteiger partial charge is 0.353 e. The molecule has 3 rings (SSSR count). The van der Waals surface area contributed by atoms with Crippen molar-refractivity contribution in [2.45, 2.75) is 70.4 Å². The standard InChI is InChI=1S/C21H30N2O2/c1-16(12-13-17-8-4-2-5-9-17)22-21(25)18-14-20(24)23(15-18)19-10-6-3-7-11-19/h2,4-5,8-9,16,18-19H,3,6-7,10-15H2,1H3,(H,22,25)/t16-,18+/m0/s1. The Hall–Kier alpha value is -1.84. The molecular formula is C21H30N2O2. The van der Waals surface area contributed by atoms with Crippen LogP contribution in [0.5, 0.6) is 0 Å². The fourth-order valence-electron chi connectivity index (χ4n) is 4.11. The molecule has 0 bridgehead atoms. The molecule has 1 aliphatic heterocycles. The molecule has 4 heteroatoms. The smallest absolute Gasteiger partial charge is 0.225 e. The van der Waals surface area contributed by atoms with Gasteiger partial charge < -0.3 is 10.2 Å². The minimum atomic E-state index is -0.173. The van der Waals surface area contributed by atoms with Crippen molar-refractivity contribution in [3.05, 3.63) is 35.9 Å². The number of amides is 2. The first kappa shape index (κ1) is 18.0. The quantitative estimate of drug-likeness (QED) is 0.862. The number of hydrogen-bond acceptors (Lipinski definition) is 2. The van der Waals surface area contributed by atoms with Crippen LogP contribution >= 0.6 is 0 Å². The first-order valence-corrected chi connectivity index (χ1v) is 9.77. The summed E-state index contributed by atoms with van der Waals surface area (Å²) in [6.07, 6.45) is 8.17. The van der Waals surface area contributed by atoms with E-state index in [1.54, 1.807) is 0 Å². The lowest BCUT2D eigenvalue weighted by Crippen LogP contribution is -2.41. The van der Waals surface area contributed by atoms with Gasteiger partial charge in [0, 0.05) is 25.0 Å². The molecule has 2 amide bonds. The average Bonchev–Trinajstić information content (AvgIpc) is 3.03. The molecule has 1 N–H and O–H groups in total. The van der Waals surface area contributed by atoms with Gasteiger partial charge in [-0.1, -0.05) is 49.6 Å². The van der Waals surface area contributed by atoms with Gasteiger partial charge >= 0.3 is 0 Å². The van der Waals surface area contributed by atoms with Crippen LogP contribution < -0.4 is 5.32 Å². The molecule has 1 saturated heterocycles. The van der Waals surface area contributed by atoms with Gasteiger partial charge in [-0.15, -0.1) is 0 Å². The Morgan fingerprint density at radius 3 is 2.64 bits per heavy atom. The minimum absolute atomic E-state index is 0.0484. The molecule has 1 saturated carbocycles. The number of aryl methyl sites for hydroxylation is 1. The van der Waals surface area contributed by atoms with Gasteiger partial charge in [-0.2, -0.15) is 0 Å². The molecule has 0 unspecified atom stereocenters. The molecule has 2 aliphatic rings. The van der Waals surface area contributed by atoms with E-state index in [0.29, 0.717) is 19.0 Å². The second-order valence-corrected chi connectivity index (χ2v) is 7.67. The SMILES string of the molecule is C[C@@H](CCc1ccccc1)NC(=O)[C@@H]1CC(=O)N(C2CCCCC2)C1. The number of likely N-dealkylation sites (tertiary alicyclic amines) is 1. The Labute approximate surface area is 151 Å². The minimum Gasteiger partial charge on any atom is -0.353 e. The second-order valence-electron chi connectivity index (χ2n) is 7.67. The average molecular weight is 342 g/mol. The number of carbonyl (C=O) groups excluding carboxylic acids is 2. The molecule has 4 nitrogen and oxygen atoms in total. The summed E-state index contributed by atoms with van der Waals surface area (Å²) in [6, 6.07) is 10.8. The third kappa shape index (κ3) is 4.83. The zero-order valence-corrected chi connectivity index (χ0v) is 15.2. The van der Waals surface area contributed by atoms with Crippen molar-refractivity contribution in [1.82, 2.24) is 10.2 Å². The zero-order chi connectivity index (χ0) is 17.6. The van der Waals surface area contributed by atoms with Crippen LogP contribution in [-0.4, -0.2) is 35.3 Å². The second kappa shape index (κ2) is 8.50. The van der Waals surface area contributed by atoms with E-state index in [-0.39, 0.29) is 23.8 Å². The topological polar surface area (TPSA) is 49.4 Å². The summed E-state index contributed by atoms with van der Waals surface area (Å²) < 4.78 is 0. The third-order valence-electron chi connectivity index (χ3n) is 5.64. The van der Waals surface area contributed by atoms with Crippen LogP contribution in [-0.2, 0) is 16.0 Å². The number of nitrogens with one attached hydrogen (secondary N) is 1. The fourth-order valence-corrected chi connectivity index (χ4v) is 4.11. The highest BCUT2D eigenvalue weighted by Gasteiger charge is 2.38. The van der Waals surface area contributed by atoms with Gasteiger partial charge in [-0.05, 0) is 38.2 Å². The highest BCUT2D eigenvalue weighted by Crippen LogP contribution is 2.28. The van der Waals surface area contributed by atoms with Crippen molar-refractivity contribution in [3.63, 3.8) is 0 Å². The maximum absolute atomic E-state index is 12.6. The summed E-state index contributed by atoms with van der Waals surface area (Å²) in [5.41, 5.74) is 1.29. The highest BCUT2D eigenvalue weighted by molar-refractivity contribution is 5.89. The maximum Gasteiger partial charge on any atom is 0.225 e. The number of carbonyl (C=O) groups is 2. The summed E-state index contributed by atoms with van der Waals surface area (Å²) in [5.74, 6) is 0.0461. The summed E-state index contributed by atoms with van der Waals surface area (Å²) in [7, 11) is 0. The van der Waals surface area contributed by atoms with Crippen molar-refractivity contribution in [2.24, 2.45) is 5.92 Å². The van der Waals surface area contributed by atoms with E-state index in [1.807, 2.05) is 23.1 Å². The molecule has 1 aromatic carbocycles. The van der Waals surface area contributed by atoms with Crippen molar-refractivity contribution in [1.29, 1.82) is 0 Å². The van der Waals surface area contributed by atoms with Crippen molar-refractivity contribution in [2.75, 3.05) is 6.54 Å². The van der Waals surface area contributed by atoms with Crippen LogP contribution in [0.2, 0.25) is 0 Å². The number of benzene rings is 1. The molecular weight excluding hydrogens is 312 g/mol. The van der Waals surface area contributed by atoms with E-state index in [2.05, 4.69) is 24.4 Å².